The van der Waals surface area contributed by atoms with Gasteiger partial charge in [0.05, 0.1) is 18.6 Å². The van der Waals surface area contributed by atoms with Crippen molar-refractivity contribution in [3.05, 3.63) is 58.9 Å². The van der Waals surface area contributed by atoms with Crippen molar-refractivity contribution in [3.63, 3.8) is 0 Å². The molecule has 0 aromatic heterocycles. The maximum Gasteiger partial charge on any atom is 0.244 e. The van der Waals surface area contributed by atoms with Gasteiger partial charge in [0, 0.05) is 5.57 Å². The van der Waals surface area contributed by atoms with Crippen molar-refractivity contribution in [1.29, 1.82) is 0 Å². The average Bonchev–Trinajstić information content (AvgIpc) is 2.72. The summed E-state index contributed by atoms with van der Waals surface area (Å²) in [5.41, 5.74) is 8.29. The topological polar surface area (TPSA) is 72.5 Å². The minimum atomic E-state index is -0.501. The predicted octanol–water partition coefficient (Wildman–Crippen LogP) is 4.54. The number of primary amides is 1. The van der Waals surface area contributed by atoms with Crippen molar-refractivity contribution in [2.75, 3.05) is 7.11 Å². The van der Waals surface area contributed by atoms with E-state index in [1.807, 2.05) is 24.3 Å². The van der Waals surface area contributed by atoms with Crippen LogP contribution in [0.1, 0.15) is 69.1 Å². The first kappa shape index (κ1) is 19.9. The van der Waals surface area contributed by atoms with Gasteiger partial charge in [-0.15, -0.1) is 0 Å². The number of nitrogens with two attached hydrogens (primary N) is 1. The summed E-state index contributed by atoms with van der Waals surface area (Å²) in [6.45, 7) is 1.79. The van der Waals surface area contributed by atoms with Crippen LogP contribution >= 0.6 is 0 Å². The van der Waals surface area contributed by atoms with E-state index in [0.29, 0.717) is 12.0 Å². The molecule has 4 heteroatoms. The number of benzene rings is 1. The first-order chi connectivity index (χ1) is 14.4. The Labute approximate surface area is 179 Å². The van der Waals surface area contributed by atoms with Crippen LogP contribution in [0.4, 0.5) is 0 Å². The molecule has 4 fully saturated rings. The molecule has 5 aliphatic rings. The van der Waals surface area contributed by atoms with Crippen molar-refractivity contribution in [1.82, 2.24) is 0 Å². The molecule has 4 saturated carbocycles. The molecule has 1 aromatic carbocycles. The van der Waals surface area contributed by atoms with Crippen molar-refractivity contribution in [3.8, 4) is 0 Å². The molecule has 0 aliphatic heterocycles. The van der Waals surface area contributed by atoms with Gasteiger partial charge < -0.3 is 15.6 Å². The second-order valence-corrected chi connectivity index (χ2v) is 10.4. The van der Waals surface area contributed by atoms with E-state index >= 15 is 0 Å². The smallest absolute Gasteiger partial charge is 0.244 e. The third-order valence-corrected chi connectivity index (χ3v) is 8.68. The SMILES string of the molecule is COC1=CC=C(C(N)=O)CC1(c1ccc(C(C)O)cc1)C12CC3CC(CC(C3)C1)C2. The van der Waals surface area contributed by atoms with Gasteiger partial charge >= 0.3 is 0 Å². The zero-order valence-corrected chi connectivity index (χ0v) is 18.1. The summed E-state index contributed by atoms with van der Waals surface area (Å²) in [7, 11) is 1.76. The van der Waals surface area contributed by atoms with Crippen molar-refractivity contribution in [2.24, 2.45) is 28.9 Å². The highest BCUT2D eigenvalue weighted by molar-refractivity contribution is 5.93. The van der Waals surface area contributed by atoms with Crippen molar-refractivity contribution < 1.29 is 14.6 Å². The van der Waals surface area contributed by atoms with Crippen LogP contribution in [0.25, 0.3) is 0 Å². The Hall–Kier alpha value is -2.07. The molecule has 4 nitrogen and oxygen atoms in total. The molecule has 0 heterocycles. The molecule has 6 rings (SSSR count). The molecule has 5 aliphatic carbocycles. The monoisotopic (exact) mass is 407 g/mol. The number of carbonyl (C=O) groups excluding carboxylic acids is 1. The lowest BCUT2D eigenvalue weighted by Crippen LogP contribution is -2.58. The summed E-state index contributed by atoms with van der Waals surface area (Å²) in [6.07, 6.45) is 11.6. The van der Waals surface area contributed by atoms with E-state index in [1.165, 1.54) is 44.1 Å². The molecular weight excluding hydrogens is 374 g/mol. The molecule has 2 unspecified atom stereocenters. The average molecular weight is 408 g/mol. The third kappa shape index (κ3) is 2.80. The highest BCUT2D eigenvalue weighted by Crippen LogP contribution is 2.69. The van der Waals surface area contributed by atoms with Gasteiger partial charge in [0.15, 0.2) is 0 Å². The first-order valence-corrected chi connectivity index (χ1v) is 11.4. The van der Waals surface area contributed by atoms with Crippen LogP contribution in [-0.4, -0.2) is 18.1 Å². The molecule has 0 spiro atoms. The molecule has 1 amide bonds. The fourth-order valence-corrected chi connectivity index (χ4v) is 7.84. The molecule has 0 saturated heterocycles. The second-order valence-electron chi connectivity index (χ2n) is 10.4. The van der Waals surface area contributed by atoms with E-state index in [1.54, 1.807) is 14.0 Å². The third-order valence-electron chi connectivity index (χ3n) is 8.68. The Morgan fingerprint density at radius 3 is 2.10 bits per heavy atom. The number of aliphatic hydroxyl groups is 1. The lowest BCUT2D eigenvalue weighted by molar-refractivity contribution is -0.117. The predicted molar refractivity (Wildman–Crippen MR) is 116 cm³/mol. The standard InChI is InChI=1S/C26H33NO3/c1-16(28)20-3-6-22(7-4-20)26(15-21(24(27)29)5-8-23(26)30-2)25-12-17-9-18(13-25)11-19(10-17)14-25/h3-8,16-19,28H,9-15H2,1-2H3,(H2,27,29). The van der Waals surface area contributed by atoms with Crippen molar-refractivity contribution >= 4 is 5.91 Å². The van der Waals surface area contributed by atoms with E-state index in [9.17, 15) is 9.90 Å². The molecule has 3 N–H and O–H groups in total. The Morgan fingerprint density at radius 2 is 1.63 bits per heavy atom. The summed E-state index contributed by atoms with van der Waals surface area (Å²) >= 11 is 0. The lowest BCUT2D eigenvalue weighted by Gasteiger charge is -2.64. The summed E-state index contributed by atoms with van der Waals surface area (Å²) in [5, 5.41) is 10.0. The molecule has 0 radical (unpaired) electrons. The highest BCUT2D eigenvalue weighted by Gasteiger charge is 2.63. The Kier molecular flexibility index (Phi) is 4.62. The van der Waals surface area contributed by atoms with E-state index < -0.39 is 6.10 Å². The van der Waals surface area contributed by atoms with Crippen LogP contribution in [0.3, 0.4) is 0 Å². The number of rotatable bonds is 5. The zero-order valence-electron chi connectivity index (χ0n) is 18.1. The first-order valence-electron chi connectivity index (χ1n) is 11.4. The highest BCUT2D eigenvalue weighted by atomic mass is 16.5. The van der Waals surface area contributed by atoms with Gasteiger partial charge in [0.1, 0.15) is 5.76 Å². The lowest BCUT2D eigenvalue weighted by atomic mass is 9.40. The molecular formula is C26H33NO3. The van der Waals surface area contributed by atoms with E-state index in [0.717, 1.165) is 29.1 Å². The fourth-order valence-electron chi connectivity index (χ4n) is 7.84. The van der Waals surface area contributed by atoms with Crippen LogP contribution in [0, 0.1) is 23.2 Å². The second kappa shape index (κ2) is 6.98. The van der Waals surface area contributed by atoms with Gasteiger partial charge in [-0.3, -0.25) is 4.79 Å². The number of carbonyl (C=O) groups is 1. The normalized spacial score (nSPS) is 38.0. The van der Waals surface area contributed by atoms with E-state index in [4.69, 9.17) is 10.5 Å². The fraction of sp³-hybridized carbons (Fsp3) is 0.577. The van der Waals surface area contributed by atoms with Crippen LogP contribution in [0.15, 0.2) is 47.7 Å². The summed E-state index contributed by atoms with van der Waals surface area (Å²) < 4.78 is 6.07. The van der Waals surface area contributed by atoms with Crippen molar-refractivity contribution in [2.45, 2.75) is 63.4 Å². The maximum absolute atomic E-state index is 12.3. The summed E-state index contributed by atoms with van der Waals surface area (Å²) in [5.74, 6) is 2.97. The molecule has 2 atom stereocenters. The van der Waals surface area contributed by atoms with Gasteiger partial charge in [-0.2, -0.15) is 0 Å². The summed E-state index contributed by atoms with van der Waals surface area (Å²) in [6, 6.07) is 8.35. The van der Waals surface area contributed by atoms with Crippen LogP contribution < -0.4 is 5.73 Å². The number of hydrogen-bond donors (Lipinski definition) is 2. The number of allylic oxidation sites excluding steroid dienone is 3. The molecule has 1 aromatic rings. The Bertz CT molecular complexity index is 875. The molecule has 30 heavy (non-hydrogen) atoms. The summed E-state index contributed by atoms with van der Waals surface area (Å²) in [4.78, 5) is 12.3. The zero-order chi connectivity index (χ0) is 21.1. The quantitative estimate of drug-likeness (QED) is 0.753. The van der Waals surface area contributed by atoms with Gasteiger partial charge in [0.2, 0.25) is 5.91 Å². The van der Waals surface area contributed by atoms with E-state index in [-0.39, 0.29) is 16.7 Å². The van der Waals surface area contributed by atoms with E-state index in [2.05, 4.69) is 12.1 Å². The Morgan fingerprint density at radius 1 is 1.07 bits per heavy atom. The van der Waals surface area contributed by atoms with Gasteiger partial charge in [-0.25, -0.2) is 0 Å². The van der Waals surface area contributed by atoms with Gasteiger partial charge in [-0.05, 0) is 92.2 Å². The maximum atomic E-state index is 12.3. The number of aliphatic hydroxyl groups excluding tert-OH is 1. The van der Waals surface area contributed by atoms with Crippen LogP contribution in [-0.2, 0) is 14.9 Å². The van der Waals surface area contributed by atoms with Crippen LogP contribution in [0.2, 0.25) is 0 Å². The minimum Gasteiger partial charge on any atom is -0.500 e. The largest absolute Gasteiger partial charge is 0.500 e. The molecule has 4 bridgehead atoms. The van der Waals surface area contributed by atoms with Gasteiger partial charge in [0.25, 0.3) is 0 Å². The number of methoxy groups -OCH3 is 1. The minimum absolute atomic E-state index is 0.0882. The Balaban J connectivity index is 1.70. The number of ether oxygens (including phenoxy) is 1. The number of hydrogen-bond acceptors (Lipinski definition) is 3. The molecule has 160 valence electrons. The van der Waals surface area contributed by atoms with Gasteiger partial charge in [-0.1, -0.05) is 30.3 Å². The van der Waals surface area contributed by atoms with Crippen LogP contribution in [0.5, 0.6) is 0 Å². The number of amides is 1.